The molecule has 2 aromatic carbocycles. The number of carboxylic acid groups (broad SMARTS) is 1. The predicted molar refractivity (Wildman–Crippen MR) is 80.4 cm³/mol. The Bertz CT molecular complexity index is 656. The summed E-state index contributed by atoms with van der Waals surface area (Å²) in [5.74, 6) is 6.81. The molecule has 0 atom stereocenters. The number of nitrogens with one attached hydrogen (secondary N) is 1. The molecular weight excluding hydrogens is 266 g/mol. The van der Waals surface area contributed by atoms with Crippen LogP contribution < -0.4 is 10.1 Å². The van der Waals surface area contributed by atoms with Gasteiger partial charge in [0.05, 0.1) is 6.54 Å². The Morgan fingerprint density at radius 2 is 1.76 bits per heavy atom. The van der Waals surface area contributed by atoms with E-state index in [1.165, 1.54) is 0 Å². The van der Waals surface area contributed by atoms with Gasteiger partial charge in [-0.05, 0) is 30.3 Å². The second-order valence-corrected chi connectivity index (χ2v) is 4.22. The molecular formula is C17H15NO3. The van der Waals surface area contributed by atoms with Crippen LogP contribution >= 0.6 is 0 Å². The Labute approximate surface area is 123 Å². The van der Waals surface area contributed by atoms with Crippen LogP contribution in [0.4, 0.5) is 4.79 Å². The zero-order chi connectivity index (χ0) is 14.9. The molecule has 2 N–H and O–H groups in total. The molecule has 1 amide bonds. The quantitative estimate of drug-likeness (QED) is 0.669. The minimum atomic E-state index is -1.05. The molecule has 0 saturated heterocycles. The fourth-order valence-corrected chi connectivity index (χ4v) is 1.66. The number of rotatable bonds is 4. The van der Waals surface area contributed by atoms with E-state index in [4.69, 9.17) is 9.84 Å². The van der Waals surface area contributed by atoms with Crippen molar-refractivity contribution >= 4 is 6.09 Å². The zero-order valence-electron chi connectivity index (χ0n) is 11.4. The van der Waals surface area contributed by atoms with E-state index in [1.807, 2.05) is 54.6 Å². The number of hydrogen-bond acceptors (Lipinski definition) is 2. The van der Waals surface area contributed by atoms with E-state index in [0.717, 1.165) is 11.1 Å². The Morgan fingerprint density at radius 1 is 1.05 bits per heavy atom. The summed E-state index contributed by atoms with van der Waals surface area (Å²) in [7, 11) is 0. The van der Waals surface area contributed by atoms with Crippen LogP contribution in [0.1, 0.15) is 11.1 Å². The summed E-state index contributed by atoms with van der Waals surface area (Å²) >= 11 is 0. The molecule has 0 bridgehead atoms. The number of benzene rings is 2. The zero-order valence-corrected chi connectivity index (χ0v) is 11.4. The molecule has 0 fully saturated rings. The second kappa shape index (κ2) is 7.61. The van der Waals surface area contributed by atoms with Crippen molar-refractivity contribution < 1.29 is 14.6 Å². The minimum Gasteiger partial charge on any atom is -0.492 e. The highest BCUT2D eigenvalue weighted by Crippen LogP contribution is 2.12. The van der Waals surface area contributed by atoms with Crippen molar-refractivity contribution in [3.05, 3.63) is 65.7 Å². The highest BCUT2D eigenvalue weighted by molar-refractivity contribution is 5.64. The van der Waals surface area contributed by atoms with E-state index in [2.05, 4.69) is 17.2 Å². The lowest BCUT2D eigenvalue weighted by molar-refractivity contribution is 0.191. The molecule has 0 unspecified atom stereocenters. The lowest BCUT2D eigenvalue weighted by Gasteiger charge is -2.06. The van der Waals surface area contributed by atoms with Gasteiger partial charge in [-0.15, -0.1) is 0 Å². The molecule has 0 aliphatic carbocycles. The first-order chi connectivity index (χ1) is 10.2. The third-order valence-electron chi connectivity index (χ3n) is 2.61. The van der Waals surface area contributed by atoms with Crippen molar-refractivity contribution in [2.45, 2.75) is 0 Å². The fraction of sp³-hybridized carbons (Fsp3) is 0.118. The Balaban J connectivity index is 1.95. The topological polar surface area (TPSA) is 58.6 Å². The van der Waals surface area contributed by atoms with Crippen LogP contribution in [-0.2, 0) is 0 Å². The number of ether oxygens (including phenoxy) is 1. The summed E-state index contributed by atoms with van der Waals surface area (Å²) < 4.78 is 5.46. The van der Waals surface area contributed by atoms with Gasteiger partial charge in [0, 0.05) is 11.1 Å². The average molecular weight is 281 g/mol. The molecule has 2 rings (SSSR count). The Hall–Kier alpha value is -2.93. The molecule has 106 valence electrons. The molecule has 0 heterocycles. The maximum absolute atomic E-state index is 10.3. The second-order valence-electron chi connectivity index (χ2n) is 4.22. The lowest BCUT2D eigenvalue weighted by Crippen LogP contribution is -2.26. The summed E-state index contributed by atoms with van der Waals surface area (Å²) in [6, 6.07) is 17.1. The highest BCUT2D eigenvalue weighted by Gasteiger charge is 1.97. The molecule has 0 saturated carbocycles. The number of amides is 1. The van der Waals surface area contributed by atoms with Gasteiger partial charge in [-0.1, -0.05) is 36.1 Å². The normalized spacial score (nSPS) is 9.33. The maximum atomic E-state index is 10.3. The van der Waals surface area contributed by atoms with Gasteiger partial charge in [-0.3, -0.25) is 0 Å². The SMILES string of the molecule is O=C(O)NCCOc1cccc(C#Cc2ccccc2)c1. The monoisotopic (exact) mass is 281 g/mol. The Morgan fingerprint density at radius 3 is 2.52 bits per heavy atom. The largest absolute Gasteiger partial charge is 0.492 e. The van der Waals surface area contributed by atoms with Gasteiger partial charge in [0.25, 0.3) is 0 Å². The van der Waals surface area contributed by atoms with Crippen LogP contribution in [0.3, 0.4) is 0 Å². The van der Waals surface area contributed by atoms with Crippen molar-refractivity contribution in [2.24, 2.45) is 0 Å². The van der Waals surface area contributed by atoms with E-state index < -0.39 is 6.09 Å². The summed E-state index contributed by atoms with van der Waals surface area (Å²) in [6.45, 7) is 0.525. The highest BCUT2D eigenvalue weighted by atomic mass is 16.5. The first-order valence-electron chi connectivity index (χ1n) is 6.51. The van der Waals surface area contributed by atoms with Gasteiger partial charge in [0.15, 0.2) is 0 Å². The van der Waals surface area contributed by atoms with Crippen molar-refractivity contribution in [1.82, 2.24) is 5.32 Å². The van der Waals surface area contributed by atoms with Gasteiger partial charge in [-0.25, -0.2) is 4.79 Å². The van der Waals surface area contributed by atoms with E-state index in [-0.39, 0.29) is 13.2 Å². The van der Waals surface area contributed by atoms with E-state index in [0.29, 0.717) is 5.75 Å². The van der Waals surface area contributed by atoms with E-state index in [1.54, 1.807) is 0 Å². The summed E-state index contributed by atoms with van der Waals surface area (Å²) in [5.41, 5.74) is 1.80. The summed E-state index contributed by atoms with van der Waals surface area (Å²) in [5, 5.41) is 10.7. The van der Waals surface area contributed by atoms with Gasteiger partial charge in [0.2, 0.25) is 0 Å². The molecule has 2 aromatic rings. The predicted octanol–water partition coefficient (Wildman–Crippen LogP) is 2.73. The van der Waals surface area contributed by atoms with Crippen LogP contribution in [0, 0.1) is 11.8 Å². The van der Waals surface area contributed by atoms with Crippen molar-refractivity contribution in [3.63, 3.8) is 0 Å². The Kier molecular flexibility index (Phi) is 5.25. The molecule has 0 aliphatic rings. The minimum absolute atomic E-state index is 0.245. The van der Waals surface area contributed by atoms with Crippen LogP contribution in [0.2, 0.25) is 0 Å². The third-order valence-corrected chi connectivity index (χ3v) is 2.61. The van der Waals surface area contributed by atoms with Crippen LogP contribution in [0.5, 0.6) is 5.75 Å². The number of carbonyl (C=O) groups is 1. The van der Waals surface area contributed by atoms with Crippen LogP contribution in [0.15, 0.2) is 54.6 Å². The molecule has 0 radical (unpaired) electrons. The van der Waals surface area contributed by atoms with Gasteiger partial charge >= 0.3 is 6.09 Å². The molecule has 4 heteroatoms. The maximum Gasteiger partial charge on any atom is 0.404 e. The van der Waals surface area contributed by atoms with Gasteiger partial charge < -0.3 is 15.2 Å². The standard InChI is InChI=1S/C17H15NO3/c19-17(20)18-11-12-21-16-8-4-7-15(13-16)10-9-14-5-2-1-3-6-14/h1-8,13,18H,11-12H2,(H,19,20). The summed E-state index contributed by atoms with van der Waals surface area (Å²) in [6.07, 6.45) is -1.05. The van der Waals surface area contributed by atoms with Crippen molar-refractivity contribution in [2.75, 3.05) is 13.2 Å². The first-order valence-corrected chi connectivity index (χ1v) is 6.51. The van der Waals surface area contributed by atoms with E-state index in [9.17, 15) is 4.79 Å². The molecule has 4 nitrogen and oxygen atoms in total. The smallest absolute Gasteiger partial charge is 0.404 e. The molecule has 0 spiro atoms. The molecule has 0 aliphatic heterocycles. The fourth-order valence-electron chi connectivity index (χ4n) is 1.66. The third kappa shape index (κ3) is 5.29. The molecule has 21 heavy (non-hydrogen) atoms. The summed E-state index contributed by atoms with van der Waals surface area (Å²) in [4.78, 5) is 10.3. The van der Waals surface area contributed by atoms with Gasteiger partial charge in [0.1, 0.15) is 12.4 Å². The lowest BCUT2D eigenvalue weighted by atomic mass is 10.2. The van der Waals surface area contributed by atoms with Crippen molar-refractivity contribution in [1.29, 1.82) is 0 Å². The van der Waals surface area contributed by atoms with E-state index >= 15 is 0 Å². The number of hydrogen-bond donors (Lipinski definition) is 2. The van der Waals surface area contributed by atoms with Gasteiger partial charge in [-0.2, -0.15) is 0 Å². The van der Waals surface area contributed by atoms with Crippen molar-refractivity contribution in [3.8, 4) is 17.6 Å². The average Bonchev–Trinajstić information content (AvgIpc) is 2.51. The molecule has 0 aromatic heterocycles. The van der Waals surface area contributed by atoms with Crippen LogP contribution in [-0.4, -0.2) is 24.4 Å². The first kappa shape index (κ1) is 14.5. The van der Waals surface area contributed by atoms with Crippen LogP contribution in [0.25, 0.3) is 0 Å².